The van der Waals surface area contributed by atoms with Gasteiger partial charge >= 0.3 is 0 Å². The Morgan fingerprint density at radius 1 is 1.29 bits per heavy atom. The first-order valence-electron chi connectivity index (χ1n) is 7.99. The van der Waals surface area contributed by atoms with E-state index < -0.39 is 5.54 Å². The Balaban J connectivity index is 1.98. The molecule has 1 aromatic carbocycles. The molecule has 24 heavy (non-hydrogen) atoms. The van der Waals surface area contributed by atoms with Crippen LogP contribution in [0.25, 0.3) is 5.69 Å². The summed E-state index contributed by atoms with van der Waals surface area (Å²) in [5.41, 5.74) is 0.238. The van der Waals surface area contributed by atoms with E-state index >= 15 is 0 Å². The Bertz CT molecular complexity index is 695. The zero-order chi connectivity index (χ0) is 17.0. The van der Waals surface area contributed by atoms with Gasteiger partial charge in [-0.3, -0.25) is 4.79 Å². The van der Waals surface area contributed by atoms with E-state index in [9.17, 15) is 4.79 Å². The Kier molecular flexibility index (Phi) is 5.11. The van der Waals surface area contributed by atoms with Crippen LogP contribution >= 0.6 is 11.6 Å². The number of benzene rings is 1. The lowest BCUT2D eigenvalue weighted by Crippen LogP contribution is -2.50. The Hall–Kier alpha value is -1.99. The normalized spacial score (nSPS) is 16.8. The number of hydrogen-bond donors (Lipinski definition) is 1. The lowest BCUT2D eigenvalue weighted by atomic mass is 9.80. The maximum Gasteiger partial charge on any atom is 0.246 e. The third kappa shape index (κ3) is 3.42. The number of rotatable bonds is 5. The molecule has 8 heteroatoms. The van der Waals surface area contributed by atoms with Crippen LogP contribution in [0.5, 0.6) is 0 Å². The van der Waals surface area contributed by atoms with Gasteiger partial charge in [-0.25, -0.2) is 0 Å². The van der Waals surface area contributed by atoms with Crippen molar-refractivity contribution in [3.05, 3.63) is 35.1 Å². The van der Waals surface area contributed by atoms with Gasteiger partial charge in [-0.15, -0.1) is 5.10 Å². The van der Waals surface area contributed by atoms with Crippen molar-refractivity contribution in [1.29, 1.82) is 0 Å². The molecule has 1 aliphatic carbocycles. The molecule has 128 valence electrons. The van der Waals surface area contributed by atoms with E-state index in [1.165, 1.54) is 7.11 Å². The van der Waals surface area contributed by atoms with E-state index in [4.69, 9.17) is 16.3 Å². The average molecular weight is 350 g/mol. The minimum absolute atomic E-state index is 0.0181. The summed E-state index contributed by atoms with van der Waals surface area (Å²) in [7, 11) is 1.50. The fourth-order valence-corrected chi connectivity index (χ4v) is 3.36. The third-order valence-corrected chi connectivity index (χ3v) is 4.58. The lowest BCUT2D eigenvalue weighted by molar-refractivity contribution is -0.127. The number of carbonyl (C=O) groups excluding carboxylic acids is 1. The van der Waals surface area contributed by atoms with Gasteiger partial charge in [-0.05, 0) is 47.5 Å². The van der Waals surface area contributed by atoms with E-state index in [0.717, 1.165) is 37.8 Å². The molecule has 0 atom stereocenters. The van der Waals surface area contributed by atoms with Crippen molar-refractivity contribution in [3.8, 4) is 5.69 Å². The minimum atomic E-state index is -0.572. The summed E-state index contributed by atoms with van der Waals surface area (Å²) < 4.78 is 6.63. The van der Waals surface area contributed by atoms with Crippen LogP contribution in [0.3, 0.4) is 0 Å². The van der Waals surface area contributed by atoms with Crippen molar-refractivity contribution < 1.29 is 9.53 Å². The predicted molar refractivity (Wildman–Crippen MR) is 88.9 cm³/mol. The molecule has 0 bridgehead atoms. The third-order valence-electron chi connectivity index (χ3n) is 4.33. The molecule has 1 N–H and O–H groups in total. The fourth-order valence-electron chi connectivity index (χ4n) is 3.24. The van der Waals surface area contributed by atoms with Gasteiger partial charge in [-0.2, -0.15) is 4.68 Å². The van der Waals surface area contributed by atoms with Crippen molar-refractivity contribution in [2.75, 3.05) is 13.7 Å². The van der Waals surface area contributed by atoms with Crippen LogP contribution in [0.4, 0.5) is 0 Å². The van der Waals surface area contributed by atoms with E-state index in [2.05, 4.69) is 20.8 Å². The van der Waals surface area contributed by atoms with Crippen molar-refractivity contribution in [3.63, 3.8) is 0 Å². The molecule has 1 aliphatic rings. The number of nitrogens with zero attached hydrogens (tertiary/aromatic N) is 4. The highest BCUT2D eigenvalue weighted by Gasteiger charge is 2.40. The van der Waals surface area contributed by atoms with Crippen molar-refractivity contribution in [1.82, 2.24) is 25.5 Å². The average Bonchev–Trinajstić information content (AvgIpc) is 3.07. The monoisotopic (exact) mass is 349 g/mol. The number of amides is 1. The van der Waals surface area contributed by atoms with Crippen LogP contribution in [0.15, 0.2) is 24.3 Å². The maximum absolute atomic E-state index is 12.2. The van der Waals surface area contributed by atoms with Gasteiger partial charge < -0.3 is 10.1 Å². The summed E-state index contributed by atoms with van der Waals surface area (Å²) in [5, 5.41) is 16.0. The summed E-state index contributed by atoms with van der Waals surface area (Å²) in [4.78, 5) is 12.2. The molecule has 1 aromatic heterocycles. The highest BCUT2D eigenvalue weighted by Crippen LogP contribution is 2.36. The molecule has 0 unspecified atom stereocenters. The number of hydrogen-bond acceptors (Lipinski definition) is 5. The largest absolute Gasteiger partial charge is 0.375 e. The second kappa shape index (κ2) is 7.27. The van der Waals surface area contributed by atoms with Gasteiger partial charge in [0, 0.05) is 12.1 Å². The number of carbonyl (C=O) groups is 1. The number of tetrazole rings is 1. The zero-order valence-corrected chi connectivity index (χ0v) is 14.3. The molecule has 2 aromatic rings. The molecule has 0 aliphatic heterocycles. The first-order chi connectivity index (χ1) is 11.6. The molecule has 0 radical (unpaired) electrons. The molecule has 0 spiro atoms. The fraction of sp³-hybridized carbons (Fsp3) is 0.500. The SMILES string of the molecule is COCC(=O)NC1(c2nnnn2-c2ccc(Cl)cc2)CCCCC1. The van der Waals surface area contributed by atoms with Crippen LogP contribution in [0.2, 0.25) is 5.02 Å². The zero-order valence-electron chi connectivity index (χ0n) is 13.5. The molecule has 1 saturated carbocycles. The Morgan fingerprint density at radius 3 is 2.67 bits per heavy atom. The van der Waals surface area contributed by atoms with E-state index in [1.54, 1.807) is 16.8 Å². The lowest BCUT2D eigenvalue weighted by Gasteiger charge is -2.36. The number of ether oxygens (including phenoxy) is 1. The van der Waals surface area contributed by atoms with Gasteiger partial charge in [-0.1, -0.05) is 30.9 Å². The number of aromatic nitrogens is 4. The molecular weight excluding hydrogens is 330 g/mol. The summed E-state index contributed by atoms with van der Waals surface area (Å²) >= 11 is 5.96. The molecule has 7 nitrogen and oxygen atoms in total. The van der Waals surface area contributed by atoms with Gasteiger partial charge in [0.2, 0.25) is 5.91 Å². The molecule has 1 heterocycles. The topological polar surface area (TPSA) is 81.9 Å². The Morgan fingerprint density at radius 2 is 2.00 bits per heavy atom. The number of halogens is 1. The van der Waals surface area contributed by atoms with Gasteiger partial charge in [0.1, 0.15) is 12.1 Å². The highest BCUT2D eigenvalue weighted by molar-refractivity contribution is 6.30. The van der Waals surface area contributed by atoms with E-state index in [0.29, 0.717) is 10.8 Å². The van der Waals surface area contributed by atoms with Crippen molar-refractivity contribution in [2.45, 2.75) is 37.6 Å². The second-order valence-electron chi connectivity index (χ2n) is 6.01. The second-order valence-corrected chi connectivity index (χ2v) is 6.45. The van der Waals surface area contributed by atoms with Crippen LogP contribution in [0.1, 0.15) is 37.9 Å². The smallest absolute Gasteiger partial charge is 0.246 e. The van der Waals surface area contributed by atoms with Crippen LogP contribution in [-0.2, 0) is 15.1 Å². The molecular formula is C16H20ClN5O2. The minimum Gasteiger partial charge on any atom is -0.375 e. The van der Waals surface area contributed by atoms with Crippen LogP contribution in [-0.4, -0.2) is 39.8 Å². The summed E-state index contributed by atoms with van der Waals surface area (Å²) in [6, 6.07) is 7.30. The van der Waals surface area contributed by atoms with Crippen molar-refractivity contribution in [2.24, 2.45) is 0 Å². The highest BCUT2D eigenvalue weighted by atomic mass is 35.5. The first kappa shape index (κ1) is 16.9. The van der Waals surface area contributed by atoms with Crippen LogP contribution < -0.4 is 5.32 Å². The van der Waals surface area contributed by atoms with E-state index in [1.807, 2.05) is 12.1 Å². The molecule has 1 amide bonds. The predicted octanol–water partition coefficient (Wildman–Crippen LogP) is 2.24. The van der Waals surface area contributed by atoms with Gasteiger partial charge in [0.15, 0.2) is 5.82 Å². The van der Waals surface area contributed by atoms with Gasteiger partial charge in [0.25, 0.3) is 0 Å². The van der Waals surface area contributed by atoms with E-state index in [-0.39, 0.29) is 12.5 Å². The molecule has 0 saturated heterocycles. The quantitative estimate of drug-likeness (QED) is 0.895. The number of nitrogens with one attached hydrogen (secondary N) is 1. The summed E-state index contributed by atoms with van der Waals surface area (Å²) in [6.07, 6.45) is 4.78. The summed E-state index contributed by atoms with van der Waals surface area (Å²) in [5.74, 6) is 0.485. The molecule has 1 fully saturated rings. The van der Waals surface area contributed by atoms with Gasteiger partial charge in [0.05, 0.1) is 5.69 Å². The number of methoxy groups -OCH3 is 1. The van der Waals surface area contributed by atoms with Crippen LogP contribution in [0, 0.1) is 0 Å². The summed E-state index contributed by atoms with van der Waals surface area (Å²) in [6.45, 7) is 0.0181. The first-order valence-corrected chi connectivity index (χ1v) is 8.37. The standard InChI is InChI=1S/C16H20ClN5O2/c1-24-11-14(23)18-16(9-3-2-4-10-16)15-19-20-21-22(15)13-7-5-12(17)6-8-13/h5-8H,2-4,9-11H2,1H3,(H,18,23). The molecule has 3 rings (SSSR count). The van der Waals surface area contributed by atoms with Crippen molar-refractivity contribution >= 4 is 17.5 Å². The maximum atomic E-state index is 12.2. The Labute approximate surface area is 145 Å².